The molecule has 0 aliphatic carbocycles. The van der Waals surface area contributed by atoms with Gasteiger partial charge in [0, 0.05) is 27.1 Å². The van der Waals surface area contributed by atoms with E-state index in [0.29, 0.717) is 17.4 Å². The minimum atomic E-state index is -5.18. The third-order valence-electron chi connectivity index (χ3n) is 11.2. The van der Waals surface area contributed by atoms with E-state index < -0.39 is 29.0 Å². The predicted molar refractivity (Wildman–Crippen MR) is 226 cm³/mol. The van der Waals surface area contributed by atoms with E-state index in [1.54, 1.807) is 6.07 Å². The highest BCUT2D eigenvalue weighted by molar-refractivity contribution is 6.13. The van der Waals surface area contributed by atoms with Crippen LogP contribution in [0.25, 0.3) is 88.4 Å². The van der Waals surface area contributed by atoms with Crippen molar-refractivity contribution in [3.05, 3.63) is 193 Å². The van der Waals surface area contributed by atoms with Crippen molar-refractivity contribution in [2.75, 3.05) is 0 Å². The standard InChI is InChI=1S/C51H29F6N3/c52-50(53,54)36-21-24-37(43(28-36)51(55,56)57)42-29-49(60-45-18-10-8-16-39(45)41-23-20-34(26-47(41)60)32-13-5-2-6-14-32)48(27-35(42)30-58)59-44-17-9-7-15-38(44)40-22-19-33(25-46(40)59)31-11-3-1-4-12-31/h1-29H. The number of aromatic nitrogens is 2. The number of nitriles is 1. The van der Waals surface area contributed by atoms with Gasteiger partial charge in [-0.3, -0.25) is 0 Å². The van der Waals surface area contributed by atoms with Crippen LogP contribution in [0, 0.1) is 11.3 Å². The van der Waals surface area contributed by atoms with Crippen LogP contribution in [-0.4, -0.2) is 9.13 Å². The van der Waals surface area contributed by atoms with Crippen molar-refractivity contribution >= 4 is 43.6 Å². The molecule has 0 N–H and O–H groups in total. The molecule has 8 aromatic carbocycles. The van der Waals surface area contributed by atoms with Crippen molar-refractivity contribution < 1.29 is 26.3 Å². The molecule has 3 nitrogen and oxygen atoms in total. The van der Waals surface area contributed by atoms with Gasteiger partial charge in [-0.2, -0.15) is 31.6 Å². The van der Waals surface area contributed by atoms with Gasteiger partial charge in [0.2, 0.25) is 0 Å². The molecular formula is C51H29F6N3. The summed E-state index contributed by atoms with van der Waals surface area (Å²) in [7, 11) is 0. The van der Waals surface area contributed by atoms with Gasteiger partial charge in [0.15, 0.2) is 0 Å². The van der Waals surface area contributed by atoms with E-state index in [4.69, 9.17) is 0 Å². The van der Waals surface area contributed by atoms with E-state index >= 15 is 0 Å². The number of fused-ring (bicyclic) bond motifs is 6. The maximum atomic E-state index is 14.9. The molecule has 0 aliphatic rings. The van der Waals surface area contributed by atoms with Crippen molar-refractivity contribution in [3.63, 3.8) is 0 Å². The number of hydrogen-bond donors (Lipinski definition) is 0. The number of para-hydroxylation sites is 2. The Hall–Kier alpha value is -7.57. The zero-order valence-corrected chi connectivity index (χ0v) is 31.4. The summed E-state index contributed by atoms with van der Waals surface area (Å²) in [5, 5.41) is 14.4. The minimum absolute atomic E-state index is 0.120. The van der Waals surface area contributed by atoms with Crippen LogP contribution in [0.4, 0.5) is 26.3 Å². The topological polar surface area (TPSA) is 33.6 Å². The molecule has 9 heteroatoms. The Morgan fingerprint density at radius 3 is 1.33 bits per heavy atom. The monoisotopic (exact) mass is 797 g/mol. The number of rotatable bonds is 5. The molecule has 0 saturated heterocycles. The molecule has 0 bridgehead atoms. The smallest absolute Gasteiger partial charge is 0.307 e. The minimum Gasteiger partial charge on any atom is -0.307 e. The number of alkyl halides is 6. The summed E-state index contributed by atoms with van der Waals surface area (Å²) < 4.78 is 90.5. The summed E-state index contributed by atoms with van der Waals surface area (Å²) in [5.74, 6) is 0. The Balaban J connectivity index is 1.37. The summed E-state index contributed by atoms with van der Waals surface area (Å²) in [6.45, 7) is 0. The molecule has 2 heterocycles. The van der Waals surface area contributed by atoms with E-state index in [1.807, 2.05) is 149 Å². The van der Waals surface area contributed by atoms with Gasteiger partial charge in [0.1, 0.15) is 0 Å². The number of halogens is 6. The first-order valence-electron chi connectivity index (χ1n) is 19.0. The van der Waals surface area contributed by atoms with Gasteiger partial charge in [0.25, 0.3) is 0 Å². The Kier molecular flexibility index (Phi) is 8.44. The van der Waals surface area contributed by atoms with Crippen LogP contribution in [-0.2, 0) is 12.4 Å². The zero-order chi connectivity index (χ0) is 41.3. The highest BCUT2D eigenvalue weighted by atomic mass is 19.4. The van der Waals surface area contributed by atoms with E-state index in [2.05, 4.69) is 12.1 Å². The summed E-state index contributed by atoms with van der Waals surface area (Å²) in [4.78, 5) is 0. The molecule has 0 unspecified atom stereocenters. The van der Waals surface area contributed by atoms with Gasteiger partial charge < -0.3 is 9.13 Å². The van der Waals surface area contributed by atoms with Crippen LogP contribution in [0.2, 0.25) is 0 Å². The molecule has 10 rings (SSSR count). The second-order valence-electron chi connectivity index (χ2n) is 14.7. The molecule has 0 amide bonds. The number of nitrogens with zero attached hydrogens (tertiary/aromatic N) is 3. The Morgan fingerprint density at radius 2 is 0.850 bits per heavy atom. The third kappa shape index (κ3) is 5.99. The summed E-state index contributed by atoms with van der Waals surface area (Å²) in [6, 6.07) is 54.1. The first kappa shape index (κ1) is 36.7. The van der Waals surface area contributed by atoms with Crippen molar-refractivity contribution in [2.45, 2.75) is 12.4 Å². The average molecular weight is 798 g/mol. The maximum absolute atomic E-state index is 14.9. The fraction of sp³-hybridized carbons (Fsp3) is 0.0392. The SMILES string of the molecule is N#Cc1cc(-n2c3ccccc3c3ccc(-c4ccccc4)cc32)c(-n2c3ccccc3c3ccc(-c4ccccc4)cc32)cc1-c1ccc(C(F)(F)F)cc1C(F)(F)F. The fourth-order valence-electron chi connectivity index (χ4n) is 8.52. The quantitative estimate of drug-likeness (QED) is 0.160. The Morgan fingerprint density at radius 1 is 0.383 bits per heavy atom. The van der Waals surface area contributed by atoms with Gasteiger partial charge in [0.05, 0.1) is 56.2 Å². The highest BCUT2D eigenvalue weighted by Crippen LogP contribution is 2.46. The van der Waals surface area contributed by atoms with Gasteiger partial charge >= 0.3 is 12.4 Å². The molecule has 60 heavy (non-hydrogen) atoms. The summed E-state index contributed by atoms with van der Waals surface area (Å²) >= 11 is 0. The van der Waals surface area contributed by atoms with Crippen molar-refractivity contribution in [1.82, 2.24) is 9.13 Å². The van der Waals surface area contributed by atoms with Gasteiger partial charge in [-0.25, -0.2) is 0 Å². The van der Waals surface area contributed by atoms with Crippen LogP contribution in [0.1, 0.15) is 16.7 Å². The molecule has 0 fully saturated rings. The fourth-order valence-corrected chi connectivity index (χ4v) is 8.52. The normalized spacial score (nSPS) is 12.2. The van der Waals surface area contributed by atoms with Gasteiger partial charge in [-0.15, -0.1) is 0 Å². The first-order valence-corrected chi connectivity index (χ1v) is 19.0. The zero-order valence-electron chi connectivity index (χ0n) is 31.4. The summed E-state index contributed by atoms with van der Waals surface area (Å²) in [5.41, 5.74) is 3.92. The van der Waals surface area contributed by atoms with E-state index in [0.717, 1.165) is 71.9 Å². The second kappa shape index (κ2) is 13.8. The molecule has 2 aromatic heterocycles. The highest BCUT2D eigenvalue weighted by Gasteiger charge is 2.39. The molecule has 0 atom stereocenters. The number of hydrogen-bond acceptors (Lipinski definition) is 1. The van der Waals surface area contributed by atoms with Crippen LogP contribution in [0.5, 0.6) is 0 Å². The van der Waals surface area contributed by atoms with Gasteiger partial charge in [-0.05, 0) is 76.3 Å². The van der Waals surface area contributed by atoms with Crippen LogP contribution in [0.3, 0.4) is 0 Å². The van der Waals surface area contributed by atoms with Gasteiger partial charge in [-0.1, -0.05) is 127 Å². The molecule has 0 aliphatic heterocycles. The molecule has 290 valence electrons. The Labute approximate surface area is 339 Å². The lowest BCUT2D eigenvalue weighted by atomic mass is 9.92. The van der Waals surface area contributed by atoms with E-state index in [-0.39, 0.29) is 17.2 Å². The maximum Gasteiger partial charge on any atom is 0.417 e. The third-order valence-corrected chi connectivity index (χ3v) is 11.2. The predicted octanol–water partition coefficient (Wildman–Crippen LogP) is 14.8. The summed E-state index contributed by atoms with van der Waals surface area (Å²) in [6.07, 6.45) is -10.2. The van der Waals surface area contributed by atoms with Crippen LogP contribution >= 0.6 is 0 Å². The van der Waals surface area contributed by atoms with Crippen LogP contribution < -0.4 is 0 Å². The largest absolute Gasteiger partial charge is 0.417 e. The van der Waals surface area contributed by atoms with Crippen LogP contribution in [0.15, 0.2) is 176 Å². The molecule has 10 aromatic rings. The van der Waals surface area contributed by atoms with Crippen molar-refractivity contribution in [1.29, 1.82) is 5.26 Å². The van der Waals surface area contributed by atoms with Crippen molar-refractivity contribution in [2.24, 2.45) is 0 Å². The lowest BCUT2D eigenvalue weighted by Gasteiger charge is -2.21. The molecule has 0 radical (unpaired) electrons. The Bertz CT molecular complexity index is 3350. The molecule has 0 spiro atoms. The lowest BCUT2D eigenvalue weighted by Crippen LogP contribution is -2.13. The second-order valence-corrected chi connectivity index (χ2v) is 14.7. The van der Waals surface area contributed by atoms with Crippen molar-refractivity contribution in [3.8, 4) is 50.8 Å². The first-order chi connectivity index (χ1) is 29.0. The molecule has 0 saturated carbocycles. The lowest BCUT2D eigenvalue weighted by molar-refractivity contribution is -0.142. The average Bonchev–Trinajstić information content (AvgIpc) is 3.77. The molecular weight excluding hydrogens is 769 g/mol. The number of benzene rings is 8. The van der Waals surface area contributed by atoms with E-state index in [9.17, 15) is 31.6 Å². The van der Waals surface area contributed by atoms with E-state index in [1.165, 1.54) is 6.07 Å².